The molecule has 4 heteroatoms. The molecule has 0 saturated carbocycles. The van der Waals surface area contributed by atoms with Crippen molar-refractivity contribution in [3.05, 3.63) is 233 Å². The molecule has 3 nitrogen and oxygen atoms in total. The first kappa shape index (κ1) is 40.3. The van der Waals surface area contributed by atoms with Crippen molar-refractivity contribution in [1.29, 1.82) is 0 Å². The molecule has 1 aromatic heterocycles. The molecular formula is C66H53BN2O. The SMILES string of the molecule is CC1(C)CCC(C)(C)c2cc(N3B4c5cccc6c5N(c5ccccc5C6(c5ccccc5)c5ccccc5)c5cc6oc7ccccc7c6c(c54)-c4cc5c(cc43)C(C)(C)c3ccccc3-5)ccc21. The van der Waals surface area contributed by atoms with Crippen LogP contribution in [0.15, 0.2) is 192 Å². The van der Waals surface area contributed by atoms with Gasteiger partial charge in [0, 0.05) is 50.6 Å². The molecular weight excluding hydrogens is 848 g/mol. The summed E-state index contributed by atoms with van der Waals surface area (Å²) >= 11 is 0. The molecule has 0 amide bonds. The van der Waals surface area contributed by atoms with Gasteiger partial charge in [0.25, 0.3) is 0 Å². The second-order valence-corrected chi connectivity index (χ2v) is 22.6. The van der Waals surface area contributed by atoms with E-state index in [4.69, 9.17) is 4.42 Å². The fourth-order valence-corrected chi connectivity index (χ4v) is 14.3. The van der Waals surface area contributed by atoms with Crippen molar-refractivity contribution in [2.24, 2.45) is 0 Å². The Bertz CT molecular complexity index is 3860. The van der Waals surface area contributed by atoms with Crippen molar-refractivity contribution in [2.75, 3.05) is 9.71 Å². The van der Waals surface area contributed by atoms with Gasteiger partial charge in [0.2, 0.25) is 0 Å². The maximum absolute atomic E-state index is 7.09. The fourth-order valence-electron chi connectivity index (χ4n) is 14.3. The summed E-state index contributed by atoms with van der Waals surface area (Å²) in [5, 5.41) is 2.34. The molecule has 0 spiro atoms. The zero-order chi connectivity index (χ0) is 47.1. The van der Waals surface area contributed by atoms with Gasteiger partial charge >= 0.3 is 6.85 Å². The maximum Gasteiger partial charge on any atom is 0.333 e. The number of para-hydroxylation sites is 3. The van der Waals surface area contributed by atoms with Crippen LogP contribution in [0, 0.1) is 0 Å². The molecule has 2 aliphatic carbocycles. The molecule has 0 atom stereocenters. The lowest BCUT2D eigenvalue weighted by molar-refractivity contribution is 0.332. The van der Waals surface area contributed by atoms with E-state index in [1.54, 1.807) is 0 Å². The number of anilines is 5. The van der Waals surface area contributed by atoms with Gasteiger partial charge in [0.15, 0.2) is 0 Å². The molecule has 9 aromatic carbocycles. The monoisotopic (exact) mass is 900 g/mol. The van der Waals surface area contributed by atoms with Crippen LogP contribution in [0.5, 0.6) is 0 Å². The summed E-state index contributed by atoms with van der Waals surface area (Å²) in [6.45, 7) is 14.5. The highest BCUT2D eigenvalue weighted by Crippen LogP contribution is 2.62. The first-order valence-electron chi connectivity index (χ1n) is 25.3. The van der Waals surface area contributed by atoms with Crippen LogP contribution in [0.25, 0.3) is 44.2 Å². The summed E-state index contributed by atoms with van der Waals surface area (Å²) in [4.78, 5) is 5.40. The first-order valence-corrected chi connectivity index (χ1v) is 25.3. The molecule has 10 aromatic rings. The fraction of sp³-hybridized carbons (Fsp3) is 0.182. The van der Waals surface area contributed by atoms with E-state index in [9.17, 15) is 0 Å². The molecule has 5 aliphatic rings. The summed E-state index contributed by atoms with van der Waals surface area (Å²) in [7, 11) is 0. The minimum absolute atomic E-state index is 0.0238. The normalized spacial score (nSPS) is 17.5. The quantitative estimate of drug-likeness (QED) is 0.165. The summed E-state index contributed by atoms with van der Waals surface area (Å²) in [5.41, 5.74) is 25.7. The van der Waals surface area contributed by atoms with Gasteiger partial charge in [-0.15, -0.1) is 0 Å². The van der Waals surface area contributed by atoms with E-state index in [1.807, 2.05) is 0 Å². The van der Waals surface area contributed by atoms with Gasteiger partial charge in [-0.05, 0) is 132 Å². The third kappa shape index (κ3) is 4.96. The Morgan fingerprint density at radius 1 is 0.457 bits per heavy atom. The lowest BCUT2D eigenvalue weighted by Gasteiger charge is -2.52. The zero-order valence-electron chi connectivity index (χ0n) is 40.7. The van der Waals surface area contributed by atoms with E-state index in [1.165, 1.54) is 118 Å². The molecule has 0 N–H and O–H groups in total. The Morgan fingerprint density at radius 2 is 1.11 bits per heavy atom. The topological polar surface area (TPSA) is 19.6 Å². The highest BCUT2D eigenvalue weighted by molar-refractivity contribution is 6.94. The van der Waals surface area contributed by atoms with E-state index in [0.717, 1.165) is 23.0 Å². The van der Waals surface area contributed by atoms with Crippen LogP contribution in [0.3, 0.4) is 0 Å². The molecule has 4 heterocycles. The van der Waals surface area contributed by atoms with Crippen LogP contribution in [0.1, 0.15) is 98.9 Å². The molecule has 70 heavy (non-hydrogen) atoms. The molecule has 0 bridgehead atoms. The molecule has 0 fully saturated rings. The van der Waals surface area contributed by atoms with Crippen LogP contribution >= 0.6 is 0 Å². The number of furan rings is 1. The second kappa shape index (κ2) is 13.6. The Morgan fingerprint density at radius 3 is 1.89 bits per heavy atom. The van der Waals surface area contributed by atoms with Crippen LogP contribution < -0.4 is 20.6 Å². The van der Waals surface area contributed by atoms with Crippen molar-refractivity contribution >= 4 is 68.1 Å². The van der Waals surface area contributed by atoms with Crippen LogP contribution in [-0.4, -0.2) is 6.85 Å². The first-order chi connectivity index (χ1) is 34.0. The van der Waals surface area contributed by atoms with Crippen molar-refractivity contribution in [3.63, 3.8) is 0 Å². The van der Waals surface area contributed by atoms with Gasteiger partial charge in [-0.1, -0.05) is 187 Å². The summed E-state index contributed by atoms with van der Waals surface area (Å²) < 4.78 is 7.09. The summed E-state index contributed by atoms with van der Waals surface area (Å²) in [6.07, 6.45) is 2.32. The number of fused-ring (bicyclic) bond motifs is 14. The predicted molar refractivity (Wildman–Crippen MR) is 292 cm³/mol. The maximum atomic E-state index is 7.09. The van der Waals surface area contributed by atoms with Crippen LogP contribution in [0.4, 0.5) is 28.4 Å². The van der Waals surface area contributed by atoms with E-state index >= 15 is 0 Å². The highest BCUT2D eigenvalue weighted by Gasteiger charge is 2.54. The Hall–Kier alpha value is -7.56. The smallest absolute Gasteiger partial charge is 0.333 e. The molecule has 0 radical (unpaired) electrons. The lowest BCUT2D eigenvalue weighted by Crippen LogP contribution is -2.63. The number of hydrogen-bond acceptors (Lipinski definition) is 3. The number of nitrogens with zero attached hydrogens (tertiary/aromatic N) is 2. The largest absolute Gasteiger partial charge is 0.456 e. The molecule has 0 saturated heterocycles. The summed E-state index contributed by atoms with van der Waals surface area (Å²) in [6, 6.07) is 71.8. The van der Waals surface area contributed by atoms with E-state index in [2.05, 4.69) is 239 Å². The van der Waals surface area contributed by atoms with Crippen LogP contribution in [-0.2, 0) is 21.7 Å². The summed E-state index contributed by atoms with van der Waals surface area (Å²) in [5.74, 6) is 0. The number of hydrogen-bond donors (Lipinski definition) is 0. The molecule has 15 rings (SSSR count). The van der Waals surface area contributed by atoms with E-state index < -0.39 is 5.41 Å². The van der Waals surface area contributed by atoms with Gasteiger partial charge < -0.3 is 14.1 Å². The van der Waals surface area contributed by atoms with Gasteiger partial charge in [-0.25, -0.2) is 0 Å². The Kier molecular flexibility index (Phi) is 7.84. The van der Waals surface area contributed by atoms with Crippen LogP contribution in [0.2, 0.25) is 0 Å². The second-order valence-electron chi connectivity index (χ2n) is 22.6. The van der Waals surface area contributed by atoms with Crippen molar-refractivity contribution in [2.45, 2.75) is 76.0 Å². The Balaban J connectivity index is 1.13. The van der Waals surface area contributed by atoms with Crippen molar-refractivity contribution in [1.82, 2.24) is 0 Å². The van der Waals surface area contributed by atoms with Gasteiger partial charge in [0.05, 0.1) is 11.1 Å². The minimum atomic E-state index is -0.611. The third-order valence-electron chi connectivity index (χ3n) is 17.8. The van der Waals surface area contributed by atoms with Crippen molar-refractivity contribution in [3.8, 4) is 22.3 Å². The molecule has 336 valence electrons. The zero-order valence-corrected chi connectivity index (χ0v) is 40.7. The Labute approximate surface area is 411 Å². The van der Waals surface area contributed by atoms with E-state index in [0.29, 0.717) is 0 Å². The van der Waals surface area contributed by atoms with E-state index in [-0.39, 0.29) is 23.1 Å². The minimum Gasteiger partial charge on any atom is -0.456 e. The highest BCUT2D eigenvalue weighted by atomic mass is 16.3. The van der Waals surface area contributed by atoms with Crippen molar-refractivity contribution < 1.29 is 4.42 Å². The third-order valence-corrected chi connectivity index (χ3v) is 17.8. The van der Waals surface area contributed by atoms with Gasteiger partial charge in [-0.3, -0.25) is 0 Å². The van der Waals surface area contributed by atoms with Gasteiger partial charge in [-0.2, -0.15) is 0 Å². The standard InChI is InChI=1S/C66H53BN2O/c1-63(2)34-35-64(3,4)52-36-42(32-33-48(52)63)69-55-38-51-45(43-24-13-15-26-47(43)65(51,5)6)37-46(55)60-59-44-25-14-18-31-57(44)70-58(59)39-56-61(60)67(69)53-29-19-28-50-62(53)68(56)54-30-17-16-27-49(54)66(50,40-20-9-7-10-21-40)41-22-11-8-12-23-41/h7-33,36-39H,34-35H2,1-6H3. The average molecular weight is 901 g/mol. The number of rotatable bonds is 3. The van der Waals surface area contributed by atoms with Gasteiger partial charge in [0.1, 0.15) is 11.2 Å². The lowest BCUT2D eigenvalue weighted by atomic mass is 9.42. The average Bonchev–Trinajstić information content (AvgIpc) is 3.87. The molecule has 3 aliphatic heterocycles. The predicted octanol–water partition coefficient (Wildman–Crippen LogP) is 15.6. The number of benzene rings is 9. The molecule has 0 unspecified atom stereocenters.